The Hall–Kier alpha value is -9.47. The number of esters is 2. The number of hydrogen-bond donors (Lipinski definition) is 12. The second-order valence-electron chi connectivity index (χ2n) is 20.3. The van der Waals surface area contributed by atoms with E-state index < -0.39 is 133 Å². The van der Waals surface area contributed by atoms with E-state index in [-0.39, 0.29) is 62.0 Å². The van der Waals surface area contributed by atoms with Crippen LogP contribution >= 0.6 is 0 Å². The molecule has 0 aliphatic carbocycles. The van der Waals surface area contributed by atoms with Gasteiger partial charge in [-0.1, -0.05) is 68.4 Å². The molecule has 7 atom stereocenters. The van der Waals surface area contributed by atoms with Crippen molar-refractivity contribution in [2.45, 2.75) is 129 Å². The Labute approximate surface area is 491 Å². The first-order valence-electron chi connectivity index (χ1n) is 27.1. The SMILES string of the molecule is COC(=O)[C@H](CCCN=C(N)N)NC(=O)[C@H](CC(C)C)NC(=O)[C@H](Cc1ccccc1)NC(=O)CNC(=O)CNC(=O)[C@H](Cc1ccc(OC(C)(O)C(NC(=O)CNC(=O)[C@H](Cc2ccc(OC(C)=O)cc2)NC(C)=O)C(C)=O)cc1)NC(C)=O. The van der Waals surface area contributed by atoms with Gasteiger partial charge >= 0.3 is 11.9 Å². The predicted molar refractivity (Wildman–Crippen MR) is 307 cm³/mol. The van der Waals surface area contributed by atoms with Gasteiger partial charge in [0, 0.05) is 53.5 Å². The maximum absolute atomic E-state index is 13.9. The Bertz CT molecular complexity index is 2850. The first-order valence-corrected chi connectivity index (χ1v) is 27.1. The van der Waals surface area contributed by atoms with Crippen LogP contribution in [0.5, 0.6) is 11.5 Å². The zero-order valence-corrected chi connectivity index (χ0v) is 48.8. The molecule has 0 saturated heterocycles. The number of rotatable bonds is 34. The molecule has 0 bridgehead atoms. The molecule has 14 N–H and O–H groups in total. The Morgan fingerprint density at radius 1 is 0.553 bits per heavy atom. The summed E-state index contributed by atoms with van der Waals surface area (Å²) in [6.45, 7) is 7.72. The molecule has 0 aliphatic rings. The highest BCUT2D eigenvalue weighted by Gasteiger charge is 2.39. The van der Waals surface area contributed by atoms with E-state index in [9.17, 15) is 62.6 Å². The van der Waals surface area contributed by atoms with E-state index in [1.807, 2.05) is 13.8 Å². The molecule has 3 aromatic carbocycles. The van der Waals surface area contributed by atoms with Gasteiger partial charge in [0.05, 0.1) is 26.7 Å². The molecule has 28 nitrogen and oxygen atoms in total. The Kier molecular flexibility index (Phi) is 28.6. The number of hydrogen-bond acceptors (Lipinski definition) is 17. The summed E-state index contributed by atoms with van der Waals surface area (Å²) in [7, 11) is 1.16. The van der Waals surface area contributed by atoms with Gasteiger partial charge < -0.3 is 78.6 Å². The number of carbonyl (C=O) groups excluding carboxylic acids is 12. The average molecular weight is 1190 g/mol. The molecule has 9 amide bonds. The third kappa shape index (κ3) is 26.5. The predicted octanol–water partition coefficient (Wildman–Crippen LogP) is -2.11. The molecular weight excluding hydrogens is 1110 g/mol. The maximum atomic E-state index is 13.9. The van der Waals surface area contributed by atoms with Gasteiger partial charge in [0.25, 0.3) is 0 Å². The van der Waals surface area contributed by atoms with Crippen molar-refractivity contribution >= 4 is 76.8 Å². The molecule has 2 unspecified atom stereocenters. The van der Waals surface area contributed by atoms with Crippen molar-refractivity contribution in [2.75, 3.05) is 33.3 Å². The van der Waals surface area contributed by atoms with Crippen molar-refractivity contribution in [3.05, 3.63) is 95.6 Å². The van der Waals surface area contributed by atoms with Crippen LogP contribution in [0.3, 0.4) is 0 Å². The van der Waals surface area contributed by atoms with Crippen LogP contribution < -0.4 is 68.8 Å². The third-order valence-corrected chi connectivity index (χ3v) is 12.3. The Balaban J connectivity index is 1.61. The minimum atomic E-state index is -2.36. The van der Waals surface area contributed by atoms with Gasteiger partial charge in [-0.05, 0) is 73.1 Å². The lowest BCUT2D eigenvalue weighted by atomic mass is 10.0. The summed E-state index contributed by atoms with van der Waals surface area (Å²) in [5.74, 6) is -10.9. The van der Waals surface area contributed by atoms with Crippen LogP contribution in [0.1, 0.15) is 84.4 Å². The molecule has 85 heavy (non-hydrogen) atoms. The van der Waals surface area contributed by atoms with Crippen LogP contribution in [0.15, 0.2) is 83.9 Å². The average Bonchev–Trinajstić information content (AvgIpc) is 3.56. The molecule has 0 fully saturated rings. The molecule has 3 rings (SSSR count). The van der Waals surface area contributed by atoms with Crippen LogP contribution in [0.2, 0.25) is 0 Å². The number of ketones is 1. The monoisotopic (exact) mass is 1190 g/mol. The zero-order chi connectivity index (χ0) is 63.4. The number of nitrogens with zero attached hydrogens (tertiary/aromatic N) is 1. The molecule has 462 valence electrons. The fraction of sp³-hybridized carbons (Fsp3) is 0.456. The summed E-state index contributed by atoms with van der Waals surface area (Å²) in [4.78, 5) is 158. The number of amides is 9. The van der Waals surface area contributed by atoms with E-state index in [4.69, 9.17) is 25.7 Å². The number of benzene rings is 3. The number of nitrogens with one attached hydrogen (secondary N) is 9. The molecule has 0 aromatic heterocycles. The fourth-order valence-electron chi connectivity index (χ4n) is 8.33. The molecule has 0 saturated carbocycles. The summed E-state index contributed by atoms with van der Waals surface area (Å²) in [6, 6.07) is 13.1. The second-order valence-corrected chi connectivity index (χ2v) is 20.3. The Morgan fingerprint density at radius 3 is 1.49 bits per heavy atom. The van der Waals surface area contributed by atoms with E-state index in [2.05, 4.69) is 52.8 Å². The van der Waals surface area contributed by atoms with Gasteiger partial charge in [-0.15, -0.1) is 0 Å². The quantitative estimate of drug-likeness (QED) is 0.00760. The second kappa shape index (κ2) is 34.8. The van der Waals surface area contributed by atoms with E-state index in [0.29, 0.717) is 23.1 Å². The van der Waals surface area contributed by atoms with E-state index >= 15 is 0 Å². The van der Waals surface area contributed by atoms with Crippen LogP contribution in [0, 0.1) is 5.92 Å². The fourth-order valence-corrected chi connectivity index (χ4v) is 8.33. The number of carbonyl (C=O) groups is 12. The lowest BCUT2D eigenvalue weighted by Crippen LogP contribution is -2.59. The summed E-state index contributed by atoms with van der Waals surface area (Å²) in [6.07, 6.45) is 0.448. The maximum Gasteiger partial charge on any atom is 0.328 e. The highest BCUT2D eigenvalue weighted by molar-refractivity contribution is 5.96. The minimum absolute atomic E-state index is 0.00212. The van der Waals surface area contributed by atoms with Crippen molar-refractivity contribution in [1.82, 2.24) is 47.9 Å². The number of methoxy groups -OCH3 is 1. The summed E-state index contributed by atoms with van der Waals surface area (Å²) in [5, 5.41) is 33.8. The van der Waals surface area contributed by atoms with Crippen LogP contribution in [0.4, 0.5) is 0 Å². The standard InChI is InChI=1S/C57H78N12O16/c1-32(2)25-43(53(79)67-42(55(81)83-8)15-12-24-60-56(58)59)68-54(80)46(26-37-13-10-9-11-14-37)66-48(75)30-61-47(74)29-62-51(77)44(64-34(4)71)28-39-18-22-41(23-19-39)85-57(7,82)50(33(3)70)69-49(76)31-63-52(78)45(65-35(5)72)27-38-16-20-40(21-17-38)84-36(6)73/h9-11,13-14,16-23,32,42-46,50,82H,12,15,24-31H2,1-8H3,(H,61,74)(H,62,77)(H,63,78)(H,64,71)(H,65,72)(H,66,75)(H,67,79)(H,68,80)(H,69,76)(H4,58,59,60)/t42-,43-,44-,45-,46-,50?,57?/m0/s1. The van der Waals surface area contributed by atoms with Crippen LogP contribution in [-0.4, -0.2) is 157 Å². The van der Waals surface area contributed by atoms with Crippen molar-refractivity contribution in [3.8, 4) is 11.5 Å². The highest BCUT2D eigenvalue weighted by atomic mass is 16.6. The highest BCUT2D eigenvalue weighted by Crippen LogP contribution is 2.22. The van der Waals surface area contributed by atoms with Crippen molar-refractivity contribution in [3.63, 3.8) is 0 Å². The van der Waals surface area contributed by atoms with Gasteiger partial charge in [-0.3, -0.25) is 57.7 Å². The number of nitrogens with two attached hydrogens (primary N) is 2. The lowest BCUT2D eigenvalue weighted by Gasteiger charge is -2.32. The van der Waals surface area contributed by atoms with Gasteiger partial charge in [0.1, 0.15) is 41.7 Å². The number of aliphatic hydroxyl groups is 1. The molecule has 0 heterocycles. The molecule has 0 spiro atoms. The smallest absolute Gasteiger partial charge is 0.328 e. The number of aliphatic imine (C=N–C) groups is 1. The number of Topliss-reactive ketones (excluding diaryl/α,β-unsaturated/α-hetero) is 1. The molecule has 3 aromatic rings. The largest absolute Gasteiger partial charge is 0.467 e. The molecule has 28 heteroatoms. The van der Waals surface area contributed by atoms with Crippen molar-refractivity contribution in [2.24, 2.45) is 22.4 Å². The summed E-state index contributed by atoms with van der Waals surface area (Å²) < 4.78 is 15.6. The topological polar surface area (TPSA) is 425 Å². The summed E-state index contributed by atoms with van der Waals surface area (Å²) >= 11 is 0. The zero-order valence-electron chi connectivity index (χ0n) is 48.8. The first-order chi connectivity index (χ1) is 40.0. The van der Waals surface area contributed by atoms with Crippen LogP contribution in [0.25, 0.3) is 0 Å². The van der Waals surface area contributed by atoms with Crippen molar-refractivity contribution < 1.29 is 76.9 Å². The minimum Gasteiger partial charge on any atom is -0.467 e. The van der Waals surface area contributed by atoms with Gasteiger partial charge in [-0.2, -0.15) is 0 Å². The van der Waals surface area contributed by atoms with Gasteiger partial charge in [0.15, 0.2) is 17.8 Å². The molecule has 0 radical (unpaired) electrons. The van der Waals surface area contributed by atoms with E-state index in [0.717, 1.165) is 21.0 Å². The molecular formula is C57H78N12O16. The van der Waals surface area contributed by atoms with Crippen molar-refractivity contribution in [1.29, 1.82) is 0 Å². The van der Waals surface area contributed by atoms with Gasteiger partial charge in [-0.25, -0.2) is 4.79 Å². The Morgan fingerprint density at radius 2 is 1.01 bits per heavy atom. The first kappa shape index (κ1) is 69.8. The number of ether oxygens (including phenoxy) is 3. The summed E-state index contributed by atoms with van der Waals surface area (Å²) in [5.41, 5.74) is 12.5. The third-order valence-electron chi connectivity index (χ3n) is 12.3. The van der Waals surface area contributed by atoms with Crippen LogP contribution in [-0.2, 0) is 81.5 Å². The lowest BCUT2D eigenvalue weighted by molar-refractivity contribution is -0.163. The molecule has 0 aliphatic heterocycles. The number of guanidine groups is 1. The normalized spacial score (nSPS) is 13.6. The van der Waals surface area contributed by atoms with E-state index in [1.165, 1.54) is 57.2 Å². The van der Waals surface area contributed by atoms with E-state index in [1.54, 1.807) is 42.5 Å². The van der Waals surface area contributed by atoms with Gasteiger partial charge in [0.2, 0.25) is 59.0 Å².